The number of hydrogen-bond donors (Lipinski definition) is 1. The van der Waals surface area contributed by atoms with Gasteiger partial charge in [0.25, 0.3) is 5.91 Å². The van der Waals surface area contributed by atoms with Crippen LogP contribution in [0.3, 0.4) is 0 Å². The molecule has 0 spiro atoms. The lowest BCUT2D eigenvalue weighted by molar-refractivity contribution is -0.112. The summed E-state index contributed by atoms with van der Waals surface area (Å²) in [5.74, 6) is -0.435. The minimum atomic E-state index is -0.435. The number of fused-ring (bicyclic) bond motifs is 1. The van der Waals surface area contributed by atoms with Crippen LogP contribution in [0.4, 0.5) is 5.69 Å². The first-order valence-electron chi connectivity index (χ1n) is 10.3. The number of hydrogen-bond acceptors (Lipinski definition) is 2. The van der Waals surface area contributed by atoms with Crippen LogP contribution in [0.2, 0.25) is 5.02 Å². The maximum absolute atomic E-state index is 12.9. The highest BCUT2D eigenvalue weighted by atomic mass is 35.5. The molecule has 0 aliphatic rings. The van der Waals surface area contributed by atoms with E-state index in [1.54, 1.807) is 12.1 Å². The second-order valence-corrected chi connectivity index (χ2v) is 8.03. The topological polar surface area (TPSA) is 52.9 Å². The maximum Gasteiger partial charge on any atom is 0.266 e. The normalized spacial score (nSPS) is 11.2. The summed E-state index contributed by atoms with van der Waals surface area (Å²) in [5.41, 5.74) is 4.56. The third-order valence-corrected chi connectivity index (χ3v) is 5.70. The van der Waals surface area contributed by atoms with Crippen molar-refractivity contribution in [2.75, 3.05) is 5.32 Å². The molecule has 0 fully saturated rings. The molecule has 0 heterocycles. The number of nitrogens with one attached hydrogen (secondary N) is 1. The zero-order valence-electron chi connectivity index (χ0n) is 17.6. The van der Waals surface area contributed by atoms with E-state index in [9.17, 15) is 10.1 Å². The van der Waals surface area contributed by atoms with Gasteiger partial charge in [0.15, 0.2) is 0 Å². The molecular formula is C28H21ClN2O. The molecular weight excluding hydrogens is 416 g/mol. The van der Waals surface area contributed by atoms with E-state index in [-0.39, 0.29) is 5.57 Å². The summed E-state index contributed by atoms with van der Waals surface area (Å²) in [6.45, 7) is 1.95. The van der Waals surface area contributed by atoms with Crippen molar-refractivity contribution >= 4 is 40.0 Å². The minimum Gasteiger partial charge on any atom is -0.321 e. The fourth-order valence-electron chi connectivity index (χ4n) is 3.73. The number of nitriles is 1. The van der Waals surface area contributed by atoms with E-state index < -0.39 is 5.91 Å². The van der Waals surface area contributed by atoms with Crippen LogP contribution in [0.25, 0.3) is 16.8 Å². The SMILES string of the molecule is Cc1cccc(NC(=O)/C(C#N)=C/c2c(Cc3ccccc3Cl)ccc3ccccc23)c1. The molecule has 1 amide bonds. The first-order chi connectivity index (χ1) is 15.5. The lowest BCUT2D eigenvalue weighted by Crippen LogP contribution is -2.13. The summed E-state index contributed by atoms with van der Waals surface area (Å²) in [6.07, 6.45) is 2.27. The monoisotopic (exact) mass is 436 g/mol. The summed E-state index contributed by atoms with van der Waals surface area (Å²) in [6, 6.07) is 29.3. The number of carbonyl (C=O) groups is 1. The number of amides is 1. The van der Waals surface area contributed by atoms with Crippen molar-refractivity contribution in [2.24, 2.45) is 0 Å². The first-order valence-corrected chi connectivity index (χ1v) is 10.7. The Labute approximate surface area is 192 Å². The van der Waals surface area contributed by atoms with Crippen LogP contribution in [-0.2, 0) is 11.2 Å². The van der Waals surface area contributed by atoms with Gasteiger partial charge in [-0.25, -0.2) is 0 Å². The summed E-state index contributed by atoms with van der Waals surface area (Å²) >= 11 is 6.40. The van der Waals surface area contributed by atoms with Crippen LogP contribution in [0.5, 0.6) is 0 Å². The van der Waals surface area contributed by atoms with Gasteiger partial charge in [0.05, 0.1) is 0 Å². The Morgan fingerprint density at radius 2 is 1.75 bits per heavy atom. The third kappa shape index (κ3) is 4.72. The number of anilines is 1. The predicted octanol–water partition coefficient (Wildman–Crippen LogP) is 6.94. The lowest BCUT2D eigenvalue weighted by Gasteiger charge is -2.12. The van der Waals surface area contributed by atoms with Gasteiger partial charge < -0.3 is 5.32 Å². The quantitative estimate of drug-likeness (QED) is 0.272. The lowest BCUT2D eigenvalue weighted by atomic mass is 9.93. The van der Waals surface area contributed by atoms with Gasteiger partial charge >= 0.3 is 0 Å². The van der Waals surface area contributed by atoms with E-state index in [1.807, 2.05) is 79.7 Å². The van der Waals surface area contributed by atoms with E-state index in [0.717, 1.165) is 33.0 Å². The third-order valence-electron chi connectivity index (χ3n) is 5.33. The number of carbonyl (C=O) groups excluding carboxylic acids is 1. The van der Waals surface area contributed by atoms with Gasteiger partial charge in [-0.05, 0) is 70.6 Å². The molecule has 0 aliphatic heterocycles. The molecule has 4 aromatic rings. The molecule has 4 rings (SSSR count). The Kier molecular flexibility index (Phi) is 6.35. The van der Waals surface area contributed by atoms with Crippen molar-refractivity contribution in [3.8, 4) is 6.07 Å². The highest BCUT2D eigenvalue weighted by Crippen LogP contribution is 2.29. The Hall–Kier alpha value is -3.87. The number of halogens is 1. The van der Waals surface area contributed by atoms with E-state index in [0.29, 0.717) is 17.1 Å². The number of aryl methyl sites for hydroxylation is 1. The van der Waals surface area contributed by atoms with Gasteiger partial charge in [-0.2, -0.15) is 5.26 Å². The molecule has 0 saturated carbocycles. The van der Waals surface area contributed by atoms with Crippen LogP contribution in [0.15, 0.2) is 90.5 Å². The smallest absolute Gasteiger partial charge is 0.266 e. The summed E-state index contributed by atoms with van der Waals surface area (Å²) < 4.78 is 0. The van der Waals surface area contributed by atoms with Crippen LogP contribution in [0, 0.1) is 18.3 Å². The molecule has 4 aromatic carbocycles. The van der Waals surface area contributed by atoms with Crippen molar-refractivity contribution in [1.29, 1.82) is 5.26 Å². The molecule has 32 heavy (non-hydrogen) atoms. The summed E-state index contributed by atoms with van der Waals surface area (Å²) in [7, 11) is 0. The summed E-state index contributed by atoms with van der Waals surface area (Å²) in [5, 5.41) is 15.3. The largest absolute Gasteiger partial charge is 0.321 e. The Bertz CT molecular complexity index is 1380. The highest BCUT2D eigenvalue weighted by molar-refractivity contribution is 6.31. The van der Waals surface area contributed by atoms with Crippen LogP contribution in [0.1, 0.15) is 22.3 Å². The average Bonchev–Trinajstić information content (AvgIpc) is 2.79. The number of benzene rings is 4. The van der Waals surface area contributed by atoms with Gasteiger partial charge in [-0.3, -0.25) is 4.79 Å². The Morgan fingerprint density at radius 1 is 0.969 bits per heavy atom. The molecule has 0 unspecified atom stereocenters. The van der Waals surface area contributed by atoms with Gasteiger partial charge in [-0.15, -0.1) is 0 Å². The van der Waals surface area contributed by atoms with Crippen molar-refractivity contribution < 1.29 is 4.79 Å². The average molecular weight is 437 g/mol. The Morgan fingerprint density at radius 3 is 2.53 bits per heavy atom. The van der Waals surface area contributed by atoms with Crippen molar-refractivity contribution in [3.63, 3.8) is 0 Å². The molecule has 3 nitrogen and oxygen atoms in total. The standard InChI is InChI=1S/C28H21ClN2O/c1-19-7-6-10-24(15-19)31-28(32)23(18-30)17-26-21(16-22-9-3-5-12-27(22)29)14-13-20-8-2-4-11-25(20)26/h2-15,17H,16H2,1H3,(H,31,32)/b23-17+. The molecule has 0 aromatic heterocycles. The van der Waals surface area contributed by atoms with Crippen LogP contribution >= 0.6 is 11.6 Å². The molecule has 0 saturated heterocycles. The van der Waals surface area contributed by atoms with Gasteiger partial charge in [0, 0.05) is 10.7 Å². The maximum atomic E-state index is 12.9. The summed E-state index contributed by atoms with van der Waals surface area (Å²) in [4.78, 5) is 12.9. The molecule has 156 valence electrons. The molecule has 0 atom stereocenters. The van der Waals surface area contributed by atoms with Gasteiger partial charge in [0.2, 0.25) is 0 Å². The van der Waals surface area contributed by atoms with E-state index >= 15 is 0 Å². The number of nitrogens with zero attached hydrogens (tertiary/aromatic N) is 1. The second-order valence-electron chi connectivity index (χ2n) is 7.62. The molecule has 0 radical (unpaired) electrons. The first kappa shape index (κ1) is 21.4. The van der Waals surface area contributed by atoms with Crippen LogP contribution < -0.4 is 5.32 Å². The Balaban J connectivity index is 1.78. The van der Waals surface area contributed by atoms with Gasteiger partial charge in [0.1, 0.15) is 11.6 Å². The molecule has 0 aliphatic carbocycles. The zero-order chi connectivity index (χ0) is 22.5. The fourth-order valence-corrected chi connectivity index (χ4v) is 3.93. The van der Waals surface area contributed by atoms with Crippen molar-refractivity contribution in [3.05, 3.63) is 118 Å². The van der Waals surface area contributed by atoms with Crippen molar-refractivity contribution in [1.82, 2.24) is 0 Å². The van der Waals surface area contributed by atoms with E-state index in [1.165, 1.54) is 0 Å². The van der Waals surface area contributed by atoms with E-state index in [2.05, 4.69) is 17.5 Å². The number of rotatable bonds is 5. The van der Waals surface area contributed by atoms with Crippen molar-refractivity contribution in [2.45, 2.75) is 13.3 Å². The highest BCUT2D eigenvalue weighted by Gasteiger charge is 2.14. The zero-order valence-corrected chi connectivity index (χ0v) is 18.4. The second kappa shape index (κ2) is 9.51. The molecule has 4 heteroatoms. The van der Waals surface area contributed by atoms with E-state index in [4.69, 9.17) is 11.6 Å². The predicted molar refractivity (Wildman–Crippen MR) is 132 cm³/mol. The van der Waals surface area contributed by atoms with Crippen LogP contribution in [-0.4, -0.2) is 5.91 Å². The minimum absolute atomic E-state index is 0.0447. The molecule has 1 N–H and O–H groups in total. The molecule has 0 bridgehead atoms. The fraction of sp³-hybridized carbons (Fsp3) is 0.0714. The van der Waals surface area contributed by atoms with Gasteiger partial charge in [-0.1, -0.05) is 78.3 Å².